The molecule has 11 nitrogen and oxygen atoms in total. The first-order chi connectivity index (χ1) is 18.7. The lowest BCUT2D eigenvalue weighted by Gasteiger charge is -2.24. The summed E-state index contributed by atoms with van der Waals surface area (Å²) in [4.78, 5) is 37.3. The van der Waals surface area contributed by atoms with Gasteiger partial charge in [0.05, 0.1) is 12.2 Å². The summed E-state index contributed by atoms with van der Waals surface area (Å²) in [5.41, 5.74) is 13.1. The van der Waals surface area contributed by atoms with Gasteiger partial charge in [-0.1, -0.05) is 47.5 Å². The van der Waals surface area contributed by atoms with Crippen molar-refractivity contribution < 1.29 is 23.9 Å². The number of aliphatic carboxylic acids is 1. The SMILES string of the molecule is NCCCCC(N)C(=O)N[C@H](C[C@@H](Cc1ccc(-c2cc(Cl)ccc2F)cc1)NC(=O)c1cnn[nH]1)C(=O)O. The summed E-state index contributed by atoms with van der Waals surface area (Å²) in [5, 5.41) is 25.0. The Morgan fingerprint density at radius 1 is 1.10 bits per heavy atom. The minimum atomic E-state index is -1.32. The molecule has 13 heteroatoms. The van der Waals surface area contributed by atoms with E-state index >= 15 is 0 Å². The zero-order valence-electron chi connectivity index (χ0n) is 21.1. The number of hydrogen-bond acceptors (Lipinski definition) is 7. The minimum Gasteiger partial charge on any atom is -0.480 e. The summed E-state index contributed by atoms with van der Waals surface area (Å²) >= 11 is 6.01. The molecular weight excluding hydrogens is 529 g/mol. The number of nitrogens with two attached hydrogens (primary N) is 2. The molecule has 1 aromatic heterocycles. The first-order valence-corrected chi connectivity index (χ1v) is 12.8. The number of hydrogen-bond donors (Lipinski definition) is 6. The van der Waals surface area contributed by atoms with Crippen molar-refractivity contribution in [2.75, 3.05) is 6.54 Å². The van der Waals surface area contributed by atoms with Crippen LogP contribution in [0.5, 0.6) is 0 Å². The van der Waals surface area contributed by atoms with Crippen molar-refractivity contribution in [3.8, 4) is 11.1 Å². The number of benzene rings is 2. The van der Waals surface area contributed by atoms with Gasteiger partial charge in [-0.2, -0.15) is 0 Å². The van der Waals surface area contributed by atoms with E-state index in [2.05, 4.69) is 26.0 Å². The molecule has 208 valence electrons. The molecule has 8 N–H and O–H groups in total. The van der Waals surface area contributed by atoms with Gasteiger partial charge < -0.3 is 27.2 Å². The molecule has 0 aliphatic heterocycles. The van der Waals surface area contributed by atoms with E-state index in [9.17, 15) is 23.9 Å². The predicted octanol–water partition coefficient (Wildman–Crippen LogP) is 2.02. The number of rotatable bonds is 14. The molecule has 2 aromatic carbocycles. The van der Waals surface area contributed by atoms with Crippen LogP contribution >= 0.6 is 11.6 Å². The highest BCUT2D eigenvalue weighted by atomic mass is 35.5. The van der Waals surface area contributed by atoms with E-state index in [1.54, 1.807) is 24.3 Å². The van der Waals surface area contributed by atoms with Crippen LogP contribution in [0.25, 0.3) is 11.1 Å². The Hall–Kier alpha value is -3.87. The highest BCUT2D eigenvalue weighted by molar-refractivity contribution is 6.30. The number of carbonyl (C=O) groups is 3. The lowest BCUT2D eigenvalue weighted by molar-refractivity contribution is -0.142. The Balaban J connectivity index is 1.76. The topological polar surface area (TPSA) is 189 Å². The summed E-state index contributed by atoms with van der Waals surface area (Å²) in [6.07, 6.45) is 3.01. The van der Waals surface area contributed by atoms with Crippen LogP contribution < -0.4 is 22.1 Å². The number of carboxylic acids is 1. The van der Waals surface area contributed by atoms with Gasteiger partial charge in [-0.3, -0.25) is 14.7 Å². The van der Waals surface area contributed by atoms with Gasteiger partial charge in [-0.15, -0.1) is 5.10 Å². The number of aromatic nitrogens is 3. The maximum Gasteiger partial charge on any atom is 0.326 e. The zero-order valence-corrected chi connectivity index (χ0v) is 21.8. The van der Waals surface area contributed by atoms with Gasteiger partial charge in [0, 0.05) is 16.6 Å². The van der Waals surface area contributed by atoms with E-state index in [-0.39, 0.29) is 18.5 Å². The first kappa shape index (κ1) is 29.7. The summed E-state index contributed by atoms with van der Waals surface area (Å²) in [6.45, 7) is 0.467. The summed E-state index contributed by atoms with van der Waals surface area (Å²) in [7, 11) is 0. The van der Waals surface area contributed by atoms with Crippen LogP contribution in [0, 0.1) is 5.82 Å². The molecule has 3 rings (SSSR count). The monoisotopic (exact) mass is 559 g/mol. The second-order valence-electron chi connectivity index (χ2n) is 9.09. The molecule has 0 saturated carbocycles. The third-order valence-electron chi connectivity index (χ3n) is 6.11. The molecule has 0 aliphatic carbocycles. The van der Waals surface area contributed by atoms with Crippen molar-refractivity contribution in [3.05, 3.63) is 70.8 Å². The molecule has 3 atom stereocenters. The highest BCUT2D eigenvalue weighted by Crippen LogP contribution is 2.26. The van der Waals surface area contributed by atoms with Gasteiger partial charge in [0.25, 0.3) is 5.91 Å². The van der Waals surface area contributed by atoms with Gasteiger partial charge in [0.2, 0.25) is 5.91 Å². The second-order valence-corrected chi connectivity index (χ2v) is 9.53. The van der Waals surface area contributed by atoms with Crippen LogP contribution in [0.4, 0.5) is 4.39 Å². The number of halogens is 2. The van der Waals surface area contributed by atoms with Gasteiger partial charge in [-0.25, -0.2) is 9.18 Å². The lowest BCUT2D eigenvalue weighted by Crippen LogP contribution is -2.51. The summed E-state index contributed by atoms with van der Waals surface area (Å²) in [5.74, 6) is -2.84. The van der Waals surface area contributed by atoms with E-state index in [0.717, 1.165) is 5.56 Å². The van der Waals surface area contributed by atoms with Crippen molar-refractivity contribution >= 4 is 29.4 Å². The molecule has 0 spiro atoms. The molecule has 39 heavy (non-hydrogen) atoms. The fourth-order valence-electron chi connectivity index (χ4n) is 4.01. The predicted molar refractivity (Wildman–Crippen MR) is 143 cm³/mol. The Kier molecular flexibility index (Phi) is 10.9. The summed E-state index contributed by atoms with van der Waals surface area (Å²) in [6, 6.07) is 8.25. The Morgan fingerprint density at radius 3 is 2.49 bits per heavy atom. The molecule has 1 unspecified atom stereocenters. The first-order valence-electron chi connectivity index (χ1n) is 12.4. The largest absolute Gasteiger partial charge is 0.480 e. The van der Waals surface area contributed by atoms with Gasteiger partial charge >= 0.3 is 5.97 Å². The lowest BCUT2D eigenvalue weighted by atomic mass is 9.96. The molecule has 0 radical (unpaired) electrons. The Morgan fingerprint density at radius 2 is 1.85 bits per heavy atom. The molecule has 0 aliphatic rings. The summed E-state index contributed by atoms with van der Waals surface area (Å²) < 4.78 is 14.3. The normalized spacial score (nSPS) is 13.3. The number of amides is 2. The number of carbonyl (C=O) groups excluding carboxylic acids is 2. The fraction of sp³-hybridized carbons (Fsp3) is 0.346. The maximum absolute atomic E-state index is 14.3. The quantitative estimate of drug-likeness (QED) is 0.162. The van der Waals surface area contributed by atoms with E-state index in [1.165, 1.54) is 24.4 Å². The number of H-pyrrole nitrogens is 1. The maximum atomic E-state index is 14.3. The zero-order chi connectivity index (χ0) is 28.4. The fourth-order valence-corrected chi connectivity index (χ4v) is 4.18. The second kappa shape index (κ2) is 14.3. The van der Waals surface area contributed by atoms with E-state index in [4.69, 9.17) is 23.1 Å². The van der Waals surface area contributed by atoms with Crippen LogP contribution in [-0.4, -0.2) is 63.0 Å². The van der Waals surface area contributed by atoms with E-state index in [1.807, 2.05) is 0 Å². The number of aromatic amines is 1. The van der Waals surface area contributed by atoms with Gasteiger partial charge in [0.1, 0.15) is 17.6 Å². The molecule has 3 aromatic rings. The number of nitrogens with zero attached hydrogens (tertiary/aromatic N) is 2. The van der Waals surface area contributed by atoms with Crippen LogP contribution in [0.2, 0.25) is 5.02 Å². The third kappa shape index (κ3) is 8.84. The van der Waals surface area contributed by atoms with Gasteiger partial charge in [0.15, 0.2) is 0 Å². The molecule has 0 saturated heterocycles. The molecule has 0 bridgehead atoms. The van der Waals surface area contributed by atoms with E-state index < -0.39 is 41.7 Å². The number of unbranched alkanes of at least 4 members (excludes halogenated alkanes) is 1. The average Bonchev–Trinajstić information content (AvgIpc) is 3.45. The third-order valence-corrected chi connectivity index (χ3v) is 6.35. The standard InChI is InChI=1S/C26H31ClFN7O4/c27-17-8-9-20(28)19(12-17)16-6-4-15(5-7-16)11-18(32-25(37)23-14-31-35-34-23)13-22(26(38)39)33-24(36)21(30)3-1-2-10-29/h4-9,12,14,18,21-22H,1-3,10-11,13,29-30H2,(H,32,37)(H,33,36)(H,38,39)(H,31,34,35)/t18-,21?,22-/m1/s1. The van der Waals surface area contributed by atoms with E-state index in [0.29, 0.717) is 42.0 Å². The van der Waals surface area contributed by atoms with Crippen LogP contribution in [-0.2, 0) is 16.0 Å². The molecule has 1 heterocycles. The van der Waals surface area contributed by atoms with Crippen molar-refractivity contribution in [3.63, 3.8) is 0 Å². The Bertz CT molecular complexity index is 1260. The average molecular weight is 560 g/mol. The molecule has 0 fully saturated rings. The van der Waals surface area contributed by atoms with Crippen LogP contribution in [0.1, 0.15) is 41.7 Å². The number of carboxylic acid groups (broad SMARTS) is 1. The van der Waals surface area contributed by atoms with Crippen molar-refractivity contribution in [2.45, 2.75) is 50.2 Å². The Labute approximate surface area is 229 Å². The van der Waals surface area contributed by atoms with Crippen molar-refractivity contribution in [2.24, 2.45) is 11.5 Å². The van der Waals surface area contributed by atoms with Gasteiger partial charge in [-0.05, 0) is 61.6 Å². The molecule has 2 amide bonds. The minimum absolute atomic E-state index is 0.0876. The number of nitrogens with one attached hydrogen (secondary N) is 3. The molecular formula is C26H31ClFN7O4. The van der Waals surface area contributed by atoms with Crippen LogP contribution in [0.15, 0.2) is 48.7 Å². The smallest absolute Gasteiger partial charge is 0.326 e. The van der Waals surface area contributed by atoms with Crippen molar-refractivity contribution in [1.29, 1.82) is 0 Å². The highest BCUT2D eigenvalue weighted by Gasteiger charge is 2.28. The van der Waals surface area contributed by atoms with Crippen molar-refractivity contribution in [1.82, 2.24) is 26.0 Å². The van der Waals surface area contributed by atoms with Crippen LogP contribution in [0.3, 0.4) is 0 Å².